The molecule has 8 heteroatoms. The lowest BCUT2D eigenvalue weighted by Gasteiger charge is -2.03. The Bertz CT molecular complexity index is 647. The van der Waals surface area contributed by atoms with E-state index in [9.17, 15) is 8.42 Å². The molecule has 0 fully saturated rings. The van der Waals surface area contributed by atoms with Crippen molar-refractivity contribution >= 4 is 21.4 Å². The molecule has 2 heterocycles. The van der Waals surface area contributed by atoms with Crippen LogP contribution in [0.5, 0.6) is 0 Å². The molecule has 0 saturated carbocycles. The summed E-state index contributed by atoms with van der Waals surface area (Å²) < 4.78 is 25.9. The van der Waals surface area contributed by atoms with Gasteiger partial charge in [-0.1, -0.05) is 0 Å². The molecule has 0 aromatic carbocycles. The van der Waals surface area contributed by atoms with Crippen LogP contribution in [-0.2, 0) is 10.0 Å². The summed E-state index contributed by atoms with van der Waals surface area (Å²) in [6.45, 7) is 0. The molecular formula is C9H11N3O4S. The van der Waals surface area contributed by atoms with Gasteiger partial charge in [0.2, 0.25) is 10.0 Å². The average molecular weight is 257 g/mol. The van der Waals surface area contributed by atoms with Gasteiger partial charge in [0.25, 0.3) is 0 Å². The Morgan fingerprint density at radius 1 is 1.35 bits per heavy atom. The summed E-state index contributed by atoms with van der Waals surface area (Å²) in [4.78, 5) is 3.94. The van der Waals surface area contributed by atoms with Crippen LogP contribution in [0.1, 0.15) is 12.0 Å². The minimum atomic E-state index is -3.34. The highest BCUT2D eigenvalue weighted by Gasteiger charge is 2.09. The van der Waals surface area contributed by atoms with Gasteiger partial charge in [0, 0.05) is 12.4 Å². The third kappa shape index (κ3) is 2.73. The van der Waals surface area contributed by atoms with Crippen molar-refractivity contribution in [3.05, 3.63) is 30.2 Å². The van der Waals surface area contributed by atoms with Crippen LogP contribution < -0.4 is 4.72 Å². The third-order valence-electron chi connectivity index (χ3n) is 2.04. The molecule has 0 bridgehead atoms. The SMILES string of the molecule is CS(=O)(=O)Nc1ccc2nc(C(O)O)cn2c1. The van der Waals surface area contributed by atoms with Crippen molar-refractivity contribution in [2.24, 2.45) is 0 Å². The van der Waals surface area contributed by atoms with Gasteiger partial charge in [-0.2, -0.15) is 0 Å². The minimum absolute atomic E-state index is 0.0986. The Labute approximate surface area is 97.4 Å². The second-order valence-electron chi connectivity index (χ2n) is 3.60. The number of imidazole rings is 1. The summed E-state index contributed by atoms with van der Waals surface area (Å²) in [5.74, 6) is 0. The van der Waals surface area contributed by atoms with Crippen LogP contribution in [0.25, 0.3) is 5.65 Å². The Hall–Kier alpha value is -1.64. The fourth-order valence-electron chi connectivity index (χ4n) is 1.41. The number of nitrogens with one attached hydrogen (secondary N) is 1. The molecule has 0 unspecified atom stereocenters. The van der Waals surface area contributed by atoms with Gasteiger partial charge < -0.3 is 14.6 Å². The molecule has 0 aliphatic rings. The van der Waals surface area contributed by atoms with E-state index in [4.69, 9.17) is 10.2 Å². The van der Waals surface area contributed by atoms with Crippen molar-refractivity contribution in [1.29, 1.82) is 0 Å². The van der Waals surface area contributed by atoms with E-state index in [1.807, 2.05) is 0 Å². The lowest BCUT2D eigenvalue weighted by atomic mass is 10.4. The normalized spacial score (nSPS) is 12.2. The van der Waals surface area contributed by atoms with Crippen molar-refractivity contribution in [3.63, 3.8) is 0 Å². The number of sulfonamides is 1. The van der Waals surface area contributed by atoms with Gasteiger partial charge in [0.1, 0.15) is 11.3 Å². The lowest BCUT2D eigenvalue weighted by molar-refractivity contribution is -0.0454. The molecular weight excluding hydrogens is 246 g/mol. The maximum Gasteiger partial charge on any atom is 0.229 e. The molecule has 2 rings (SSSR count). The monoisotopic (exact) mass is 257 g/mol. The second-order valence-corrected chi connectivity index (χ2v) is 5.35. The molecule has 3 N–H and O–H groups in total. The number of anilines is 1. The van der Waals surface area contributed by atoms with E-state index in [1.165, 1.54) is 22.9 Å². The Morgan fingerprint density at radius 3 is 2.65 bits per heavy atom. The first-order valence-corrected chi connectivity index (χ1v) is 6.57. The van der Waals surface area contributed by atoms with E-state index in [0.717, 1.165) is 6.26 Å². The molecule has 0 saturated heterocycles. The van der Waals surface area contributed by atoms with Gasteiger partial charge in [-0.25, -0.2) is 13.4 Å². The summed E-state index contributed by atoms with van der Waals surface area (Å²) in [6.07, 6.45) is 2.30. The van der Waals surface area contributed by atoms with E-state index >= 15 is 0 Å². The highest BCUT2D eigenvalue weighted by Crippen LogP contribution is 2.15. The van der Waals surface area contributed by atoms with Gasteiger partial charge in [-0.3, -0.25) is 4.72 Å². The van der Waals surface area contributed by atoms with Gasteiger partial charge in [-0.15, -0.1) is 0 Å². The Morgan fingerprint density at radius 2 is 2.06 bits per heavy atom. The molecule has 0 radical (unpaired) electrons. The van der Waals surface area contributed by atoms with Gasteiger partial charge >= 0.3 is 0 Å². The molecule has 2 aromatic heterocycles. The summed E-state index contributed by atoms with van der Waals surface area (Å²) in [5.41, 5.74) is 0.963. The second kappa shape index (κ2) is 3.99. The predicted molar refractivity (Wildman–Crippen MR) is 60.8 cm³/mol. The van der Waals surface area contributed by atoms with Gasteiger partial charge in [-0.05, 0) is 12.1 Å². The summed E-state index contributed by atoms with van der Waals surface area (Å²) in [5, 5.41) is 17.9. The molecule has 0 amide bonds. The number of aromatic nitrogens is 2. The number of hydrogen-bond donors (Lipinski definition) is 3. The van der Waals surface area contributed by atoms with E-state index in [0.29, 0.717) is 11.3 Å². The summed E-state index contributed by atoms with van der Waals surface area (Å²) in [7, 11) is -3.34. The first-order chi connectivity index (χ1) is 7.85. The van der Waals surface area contributed by atoms with Crippen LogP contribution in [0, 0.1) is 0 Å². The van der Waals surface area contributed by atoms with Crippen LogP contribution >= 0.6 is 0 Å². The third-order valence-corrected chi connectivity index (χ3v) is 2.64. The summed E-state index contributed by atoms with van der Waals surface area (Å²) >= 11 is 0. The maximum atomic E-state index is 11.0. The zero-order valence-electron chi connectivity index (χ0n) is 8.90. The van der Waals surface area contributed by atoms with E-state index in [1.54, 1.807) is 6.07 Å². The van der Waals surface area contributed by atoms with Crippen molar-refractivity contribution in [1.82, 2.24) is 9.38 Å². The standard InChI is InChI=1S/C9H11N3O4S/c1-17(15,16)11-6-2-3-8-10-7(9(13)14)5-12(8)4-6/h2-5,9,11,13-14H,1H3. The molecule has 0 spiro atoms. The smallest absolute Gasteiger partial charge is 0.229 e. The van der Waals surface area contributed by atoms with Crippen LogP contribution in [0.3, 0.4) is 0 Å². The molecule has 0 atom stereocenters. The molecule has 7 nitrogen and oxygen atoms in total. The number of fused-ring (bicyclic) bond motifs is 1. The van der Waals surface area contributed by atoms with Crippen molar-refractivity contribution in [2.75, 3.05) is 11.0 Å². The fourth-order valence-corrected chi connectivity index (χ4v) is 1.96. The van der Waals surface area contributed by atoms with E-state index < -0.39 is 16.3 Å². The van der Waals surface area contributed by atoms with Gasteiger partial charge in [0.05, 0.1) is 11.9 Å². The van der Waals surface area contributed by atoms with Crippen LogP contribution in [0.2, 0.25) is 0 Å². The Balaban J connectivity index is 2.43. The topological polar surface area (TPSA) is 104 Å². The highest BCUT2D eigenvalue weighted by atomic mass is 32.2. The largest absolute Gasteiger partial charge is 0.363 e. The number of aliphatic hydroxyl groups is 2. The molecule has 0 aliphatic heterocycles. The molecule has 92 valence electrons. The van der Waals surface area contributed by atoms with Crippen LogP contribution in [0.15, 0.2) is 24.5 Å². The molecule has 17 heavy (non-hydrogen) atoms. The first kappa shape index (κ1) is 11.8. The first-order valence-electron chi connectivity index (χ1n) is 4.68. The van der Waals surface area contributed by atoms with E-state index in [-0.39, 0.29) is 5.69 Å². The lowest BCUT2D eigenvalue weighted by Crippen LogP contribution is -2.09. The van der Waals surface area contributed by atoms with E-state index in [2.05, 4.69) is 9.71 Å². The van der Waals surface area contributed by atoms with Crippen LogP contribution in [-0.4, -0.2) is 34.3 Å². The highest BCUT2D eigenvalue weighted by molar-refractivity contribution is 7.92. The molecule has 2 aromatic rings. The Kier molecular flexibility index (Phi) is 2.77. The predicted octanol–water partition coefficient (Wildman–Crippen LogP) is -0.311. The van der Waals surface area contributed by atoms with Crippen molar-refractivity contribution < 1.29 is 18.6 Å². The van der Waals surface area contributed by atoms with Crippen molar-refractivity contribution in [2.45, 2.75) is 6.29 Å². The molecule has 0 aliphatic carbocycles. The number of hydrogen-bond acceptors (Lipinski definition) is 5. The fraction of sp³-hybridized carbons (Fsp3) is 0.222. The van der Waals surface area contributed by atoms with Crippen LogP contribution in [0.4, 0.5) is 5.69 Å². The number of nitrogens with zero attached hydrogens (tertiary/aromatic N) is 2. The minimum Gasteiger partial charge on any atom is -0.363 e. The number of rotatable bonds is 3. The average Bonchev–Trinajstić information content (AvgIpc) is 2.57. The number of pyridine rings is 1. The van der Waals surface area contributed by atoms with Crippen molar-refractivity contribution in [3.8, 4) is 0 Å². The zero-order chi connectivity index (χ0) is 12.6. The summed E-state index contributed by atoms with van der Waals surface area (Å²) in [6, 6.07) is 3.11. The maximum absolute atomic E-state index is 11.0. The van der Waals surface area contributed by atoms with Gasteiger partial charge in [0.15, 0.2) is 6.29 Å². The quantitative estimate of drug-likeness (QED) is 0.654. The number of aliphatic hydroxyl groups excluding tert-OH is 1. The zero-order valence-corrected chi connectivity index (χ0v) is 9.72.